The lowest BCUT2D eigenvalue weighted by Gasteiger charge is -2.56. The molecule has 1 aromatic carbocycles. The minimum Gasteiger partial charge on any atom is -0.325 e. The van der Waals surface area contributed by atoms with Gasteiger partial charge in [-0.05, 0) is 105 Å². The lowest BCUT2D eigenvalue weighted by Crippen LogP contribution is -2.47. The molecular formula is C29H33N3O2. The minimum atomic E-state index is -0.00398. The van der Waals surface area contributed by atoms with E-state index in [1.54, 1.807) is 10.8 Å². The van der Waals surface area contributed by atoms with Crippen LogP contribution in [0.3, 0.4) is 0 Å². The molecule has 5 heteroatoms. The Morgan fingerprint density at radius 1 is 0.971 bits per heavy atom. The molecule has 0 aliphatic heterocycles. The zero-order valence-corrected chi connectivity index (χ0v) is 19.7. The largest absolute Gasteiger partial charge is 0.325 e. The van der Waals surface area contributed by atoms with E-state index in [4.69, 9.17) is 0 Å². The maximum atomic E-state index is 13.2. The highest BCUT2D eigenvalue weighted by atomic mass is 16.1. The van der Waals surface area contributed by atoms with Gasteiger partial charge < -0.3 is 9.88 Å². The van der Waals surface area contributed by atoms with Crippen molar-refractivity contribution in [2.24, 2.45) is 23.2 Å². The summed E-state index contributed by atoms with van der Waals surface area (Å²) < 4.78 is 1.77. The van der Waals surface area contributed by atoms with Gasteiger partial charge in [0.15, 0.2) is 0 Å². The van der Waals surface area contributed by atoms with Crippen molar-refractivity contribution in [2.75, 3.05) is 5.32 Å². The number of amides is 1. The summed E-state index contributed by atoms with van der Waals surface area (Å²) in [5, 5.41) is 4.66. The lowest BCUT2D eigenvalue weighted by molar-refractivity contribution is -0.124. The molecular weight excluding hydrogens is 422 g/mol. The molecule has 7 rings (SSSR count). The molecule has 4 bridgehead atoms. The predicted octanol–water partition coefficient (Wildman–Crippen LogP) is 5.57. The average Bonchev–Trinajstić information content (AvgIpc) is 2.80. The molecule has 176 valence electrons. The van der Waals surface area contributed by atoms with Crippen molar-refractivity contribution in [3.05, 3.63) is 70.9 Å². The van der Waals surface area contributed by atoms with Crippen LogP contribution in [0.15, 0.2) is 59.7 Å². The van der Waals surface area contributed by atoms with Crippen LogP contribution in [0.25, 0.3) is 10.8 Å². The van der Waals surface area contributed by atoms with Gasteiger partial charge >= 0.3 is 0 Å². The van der Waals surface area contributed by atoms with Gasteiger partial charge in [-0.15, -0.1) is 0 Å². The highest BCUT2D eigenvalue weighted by molar-refractivity contribution is 6.02. The van der Waals surface area contributed by atoms with Crippen molar-refractivity contribution in [3.63, 3.8) is 0 Å². The molecule has 1 N–H and O–H groups in total. The fourth-order valence-corrected chi connectivity index (χ4v) is 7.62. The van der Waals surface area contributed by atoms with Gasteiger partial charge in [-0.25, -0.2) is 0 Å². The molecule has 0 spiro atoms. The first-order valence-electron chi connectivity index (χ1n) is 12.9. The number of carbonyl (C=O) groups is 1. The Kier molecular flexibility index (Phi) is 5.51. The molecule has 3 aromatic rings. The number of hydrogen-bond acceptors (Lipinski definition) is 3. The van der Waals surface area contributed by atoms with E-state index in [0.29, 0.717) is 18.4 Å². The Bertz CT molecular complexity index is 1230. The summed E-state index contributed by atoms with van der Waals surface area (Å²) in [4.78, 5) is 30.7. The third kappa shape index (κ3) is 4.17. The molecule has 2 aromatic heterocycles. The van der Waals surface area contributed by atoms with Crippen LogP contribution in [0, 0.1) is 23.2 Å². The van der Waals surface area contributed by atoms with E-state index in [1.165, 1.54) is 38.5 Å². The lowest BCUT2D eigenvalue weighted by atomic mass is 9.49. The van der Waals surface area contributed by atoms with Crippen molar-refractivity contribution in [1.29, 1.82) is 0 Å². The SMILES string of the molecule is O=C(CC12CC3CC(CC(C3)C1)C2)Nc1cccc2c(=O)n(CCCc3ccccn3)ccc12. The second-order valence-electron chi connectivity index (χ2n) is 11.1. The maximum Gasteiger partial charge on any atom is 0.258 e. The topological polar surface area (TPSA) is 64.0 Å². The van der Waals surface area contributed by atoms with E-state index in [1.807, 2.05) is 48.7 Å². The first-order chi connectivity index (χ1) is 16.6. The van der Waals surface area contributed by atoms with E-state index in [2.05, 4.69) is 10.3 Å². The number of benzene rings is 1. The smallest absolute Gasteiger partial charge is 0.258 e. The molecule has 0 atom stereocenters. The Labute approximate surface area is 200 Å². The standard InChI is InChI=1S/C29H33N3O2/c33-27(19-29-16-20-13-21(17-29)15-22(14-20)18-29)31-26-8-3-7-25-24(26)9-12-32(28(25)34)11-4-6-23-5-1-2-10-30-23/h1-3,5,7-10,12,20-22H,4,6,11,13-19H2,(H,31,33). The highest BCUT2D eigenvalue weighted by Crippen LogP contribution is 2.61. The number of nitrogens with one attached hydrogen (secondary N) is 1. The number of aromatic nitrogens is 2. The molecule has 5 nitrogen and oxygen atoms in total. The Morgan fingerprint density at radius 2 is 1.74 bits per heavy atom. The fraction of sp³-hybridized carbons (Fsp3) is 0.483. The van der Waals surface area contributed by atoms with Crippen molar-refractivity contribution in [1.82, 2.24) is 9.55 Å². The molecule has 0 radical (unpaired) electrons. The number of pyridine rings is 2. The molecule has 34 heavy (non-hydrogen) atoms. The zero-order valence-electron chi connectivity index (χ0n) is 19.7. The van der Waals surface area contributed by atoms with Crippen LogP contribution in [0.1, 0.15) is 57.1 Å². The summed E-state index contributed by atoms with van der Waals surface area (Å²) in [6.07, 6.45) is 13.8. The summed E-state index contributed by atoms with van der Waals surface area (Å²) in [7, 11) is 0. The summed E-state index contributed by atoms with van der Waals surface area (Å²) in [6.45, 7) is 0.647. The number of anilines is 1. The molecule has 0 saturated heterocycles. The number of nitrogens with zero attached hydrogens (tertiary/aromatic N) is 2. The first kappa shape index (κ1) is 21.6. The molecule has 1 amide bonds. The van der Waals surface area contributed by atoms with Crippen LogP contribution in [0.4, 0.5) is 5.69 Å². The van der Waals surface area contributed by atoms with E-state index < -0.39 is 0 Å². The average molecular weight is 456 g/mol. The third-order valence-corrected chi connectivity index (χ3v) is 8.55. The molecule has 4 fully saturated rings. The quantitative estimate of drug-likeness (QED) is 0.506. The summed E-state index contributed by atoms with van der Waals surface area (Å²) in [5.74, 6) is 2.63. The predicted molar refractivity (Wildman–Crippen MR) is 135 cm³/mol. The van der Waals surface area contributed by atoms with Crippen LogP contribution < -0.4 is 10.9 Å². The number of fused-ring (bicyclic) bond motifs is 1. The minimum absolute atomic E-state index is 0.00398. The van der Waals surface area contributed by atoms with Gasteiger partial charge in [0, 0.05) is 47.5 Å². The zero-order chi connectivity index (χ0) is 23.1. The first-order valence-corrected chi connectivity index (χ1v) is 12.9. The van der Waals surface area contributed by atoms with Crippen molar-refractivity contribution >= 4 is 22.4 Å². The highest BCUT2D eigenvalue weighted by Gasteiger charge is 2.51. The van der Waals surface area contributed by atoms with E-state index in [9.17, 15) is 9.59 Å². The van der Waals surface area contributed by atoms with Gasteiger partial charge in [0.25, 0.3) is 5.56 Å². The normalized spacial score (nSPS) is 27.2. The van der Waals surface area contributed by atoms with E-state index in [0.717, 1.165) is 47.4 Å². The maximum absolute atomic E-state index is 13.2. The molecule has 4 aliphatic rings. The van der Waals surface area contributed by atoms with Crippen LogP contribution in [0.5, 0.6) is 0 Å². The van der Waals surface area contributed by atoms with E-state index in [-0.39, 0.29) is 16.9 Å². The second-order valence-corrected chi connectivity index (χ2v) is 11.1. The summed E-state index contributed by atoms with van der Waals surface area (Å²) >= 11 is 0. The second kappa shape index (κ2) is 8.68. The van der Waals surface area contributed by atoms with Gasteiger partial charge in [0.05, 0.1) is 0 Å². The Morgan fingerprint density at radius 3 is 2.44 bits per heavy atom. The van der Waals surface area contributed by atoms with Gasteiger partial charge in [-0.3, -0.25) is 14.6 Å². The number of rotatable bonds is 7. The van der Waals surface area contributed by atoms with Crippen LogP contribution >= 0.6 is 0 Å². The Hall–Kier alpha value is -2.95. The van der Waals surface area contributed by atoms with Gasteiger partial charge in [0.1, 0.15) is 0 Å². The van der Waals surface area contributed by atoms with Crippen molar-refractivity contribution in [3.8, 4) is 0 Å². The number of hydrogen-bond donors (Lipinski definition) is 1. The van der Waals surface area contributed by atoms with E-state index >= 15 is 0 Å². The van der Waals surface area contributed by atoms with Crippen LogP contribution in [0.2, 0.25) is 0 Å². The van der Waals surface area contributed by atoms with Crippen molar-refractivity contribution < 1.29 is 4.79 Å². The third-order valence-electron chi connectivity index (χ3n) is 8.55. The van der Waals surface area contributed by atoms with Gasteiger partial charge in [0.2, 0.25) is 5.91 Å². The Balaban J connectivity index is 1.16. The number of aryl methyl sites for hydroxylation is 2. The van der Waals surface area contributed by atoms with Gasteiger partial charge in [-0.1, -0.05) is 12.1 Å². The number of carbonyl (C=O) groups excluding carboxylic acids is 1. The van der Waals surface area contributed by atoms with Crippen LogP contribution in [-0.2, 0) is 17.8 Å². The summed E-state index contributed by atoms with van der Waals surface area (Å²) in [5.41, 5.74) is 2.00. The van der Waals surface area contributed by atoms with Crippen molar-refractivity contribution in [2.45, 2.75) is 64.3 Å². The van der Waals surface area contributed by atoms with Crippen LogP contribution in [-0.4, -0.2) is 15.5 Å². The molecule has 0 unspecified atom stereocenters. The molecule has 4 aliphatic carbocycles. The fourth-order valence-electron chi connectivity index (χ4n) is 7.62. The molecule has 2 heterocycles. The molecule has 4 saturated carbocycles. The van der Waals surface area contributed by atoms with Gasteiger partial charge in [-0.2, -0.15) is 0 Å². The summed E-state index contributed by atoms with van der Waals surface area (Å²) in [6, 6.07) is 13.6. The monoisotopic (exact) mass is 455 g/mol.